The molecular formula is C7H8ClNO4S2. The minimum Gasteiger partial charge on any atom is -0.462 e. The van der Waals surface area contributed by atoms with E-state index < -0.39 is 16.0 Å². The average molecular weight is 270 g/mol. The molecule has 0 amide bonds. The minimum atomic E-state index is -4.01. The lowest BCUT2D eigenvalue weighted by Crippen LogP contribution is -2.16. The number of rotatable bonds is 3. The Hall–Kier alpha value is -0.630. The maximum Gasteiger partial charge on any atom is 0.349 e. The topological polar surface area (TPSA) is 86.5 Å². The van der Waals surface area contributed by atoms with Crippen LogP contribution < -0.4 is 5.14 Å². The van der Waals surface area contributed by atoms with Gasteiger partial charge in [-0.2, -0.15) is 0 Å². The van der Waals surface area contributed by atoms with E-state index in [4.69, 9.17) is 16.7 Å². The summed E-state index contributed by atoms with van der Waals surface area (Å²) < 4.78 is 26.9. The number of nitrogens with two attached hydrogens (primary N) is 1. The number of carbonyl (C=O) groups is 1. The zero-order valence-corrected chi connectivity index (χ0v) is 10.1. The van der Waals surface area contributed by atoms with Crippen molar-refractivity contribution in [3.63, 3.8) is 0 Å². The van der Waals surface area contributed by atoms with Crippen molar-refractivity contribution in [2.45, 2.75) is 11.8 Å². The number of halogens is 1. The van der Waals surface area contributed by atoms with Crippen LogP contribution in [0.5, 0.6) is 0 Å². The average Bonchev–Trinajstić information content (AvgIpc) is 2.46. The van der Waals surface area contributed by atoms with Crippen molar-refractivity contribution in [1.82, 2.24) is 0 Å². The van der Waals surface area contributed by atoms with Gasteiger partial charge in [-0.1, -0.05) is 11.6 Å². The molecule has 0 aromatic carbocycles. The van der Waals surface area contributed by atoms with Gasteiger partial charge in [0, 0.05) is 5.38 Å². The normalized spacial score (nSPS) is 11.4. The quantitative estimate of drug-likeness (QED) is 0.836. The fraction of sp³-hybridized carbons (Fsp3) is 0.286. The number of sulfonamides is 1. The Labute approximate surface area is 95.8 Å². The van der Waals surface area contributed by atoms with Gasteiger partial charge in [0.15, 0.2) is 0 Å². The Morgan fingerprint density at radius 2 is 2.27 bits per heavy atom. The standard InChI is InChI=1S/C7H8ClNO4S2/c1-2-13-7(10)5-6(15(9,11)12)4(8)3-14-5/h3H,2H2,1H3,(H2,9,11,12). The Morgan fingerprint density at radius 3 is 2.73 bits per heavy atom. The second kappa shape index (κ2) is 4.48. The molecule has 0 unspecified atom stereocenters. The molecule has 1 heterocycles. The molecule has 0 spiro atoms. The second-order valence-corrected chi connectivity index (χ2v) is 5.29. The highest BCUT2D eigenvalue weighted by Gasteiger charge is 2.25. The monoisotopic (exact) mass is 269 g/mol. The Kier molecular flexibility index (Phi) is 3.72. The van der Waals surface area contributed by atoms with E-state index in [1.54, 1.807) is 6.92 Å². The maximum atomic E-state index is 11.3. The third-order valence-electron chi connectivity index (χ3n) is 1.45. The van der Waals surface area contributed by atoms with Gasteiger partial charge < -0.3 is 4.74 Å². The van der Waals surface area contributed by atoms with E-state index in [1.807, 2.05) is 0 Å². The van der Waals surface area contributed by atoms with Gasteiger partial charge in [0.05, 0.1) is 11.6 Å². The largest absolute Gasteiger partial charge is 0.462 e. The van der Waals surface area contributed by atoms with Gasteiger partial charge in [0.2, 0.25) is 10.0 Å². The summed E-state index contributed by atoms with van der Waals surface area (Å²) in [4.78, 5) is 10.9. The first-order valence-electron chi connectivity index (χ1n) is 3.84. The SMILES string of the molecule is CCOC(=O)c1scc(Cl)c1S(N)(=O)=O. The molecule has 84 valence electrons. The number of hydrogen-bond donors (Lipinski definition) is 1. The minimum absolute atomic E-state index is 0.0643. The zero-order valence-electron chi connectivity index (χ0n) is 7.69. The van der Waals surface area contributed by atoms with Crippen LogP contribution in [0.4, 0.5) is 0 Å². The fourth-order valence-corrected chi connectivity index (χ4v) is 3.49. The fourth-order valence-electron chi connectivity index (χ4n) is 0.929. The van der Waals surface area contributed by atoms with E-state index in [9.17, 15) is 13.2 Å². The number of esters is 1. The Balaban J connectivity index is 3.27. The van der Waals surface area contributed by atoms with Crippen molar-refractivity contribution >= 4 is 38.9 Å². The summed E-state index contributed by atoms with van der Waals surface area (Å²) in [5, 5.41) is 6.19. The van der Waals surface area contributed by atoms with Gasteiger partial charge in [-0.3, -0.25) is 0 Å². The van der Waals surface area contributed by atoms with Crippen molar-refractivity contribution in [1.29, 1.82) is 0 Å². The van der Waals surface area contributed by atoms with Crippen LogP contribution in [0.15, 0.2) is 10.3 Å². The first kappa shape index (κ1) is 12.4. The summed E-state index contributed by atoms with van der Waals surface area (Å²) in [5.74, 6) is -0.738. The van der Waals surface area contributed by atoms with E-state index in [0.29, 0.717) is 0 Å². The lowest BCUT2D eigenvalue weighted by molar-refractivity contribution is 0.0528. The summed E-state index contributed by atoms with van der Waals surface area (Å²) in [6, 6.07) is 0. The third-order valence-corrected chi connectivity index (χ3v) is 4.07. The molecule has 0 saturated carbocycles. The van der Waals surface area contributed by atoms with Gasteiger partial charge in [0.1, 0.15) is 9.77 Å². The Bertz CT molecular complexity index is 479. The van der Waals surface area contributed by atoms with E-state index in [2.05, 4.69) is 4.74 Å². The third kappa shape index (κ3) is 2.69. The molecule has 8 heteroatoms. The molecule has 0 aliphatic heterocycles. The maximum absolute atomic E-state index is 11.3. The number of thiophene rings is 1. The number of carbonyl (C=O) groups excluding carboxylic acids is 1. The van der Waals surface area contributed by atoms with Crippen LogP contribution in [-0.4, -0.2) is 21.0 Å². The van der Waals surface area contributed by atoms with Crippen molar-refractivity contribution < 1.29 is 17.9 Å². The summed E-state index contributed by atoms with van der Waals surface area (Å²) >= 11 is 6.50. The van der Waals surface area contributed by atoms with Crippen LogP contribution in [-0.2, 0) is 14.8 Å². The molecule has 0 fully saturated rings. The number of hydrogen-bond acceptors (Lipinski definition) is 5. The van der Waals surface area contributed by atoms with Gasteiger partial charge in [-0.05, 0) is 6.92 Å². The zero-order chi connectivity index (χ0) is 11.6. The highest BCUT2D eigenvalue weighted by molar-refractivity contribution is 7.89. The van der Waals surface area contributed by atoms with Gasteiger partial charge >= 0.3 is 5.97 Å². The van der Waals surface area contributed by atoms with E-state index >= 15 is 0 Å². The molecule has 1 aromatic rings. The molecule has 0 saturated heterocycles. The molecule has 15 heavy (non-hydrogen) atoms. The summed E-state index contributed by atoms with van der Waals surface area (Å²) in [5.41, 5.74) is 0. The van der Waals surface area contributed by atoms with Crippen LogP contribution in [0.1, 0.15) is 16.6 Å². The molecule has 0 bridgehead atoms. The van der Waals surface area contributed by atoms with Crippen molar-refractivity contribution in [3.8, 4) is 0 Å². The molecule has 0 atom stereocenters. The van der Waals surface area contributed by atoms with Crippen LogP contribution >= 0.6 is 22.9 Å². The predicted molar refractivity (Wildman–Crippen MR) is 56.7 cm³/mol. The molecule has 2 N–H and O–H groups in total. The van der Waals surface area contributed by atoms with Crippen LogP contribution in [0.3, 0.4) is 0 Å². The molecule has 1 rings (SSSR count). The van der Waals surface area contributed by atoms with E-state index in [-0.39, 0.29) is 21.4 Å². The predicted octanol–water partition coefficient (Wildman–Crippen LogP) is 1.23. The highest BCUT2D eigenvalue weighted by atomic mass is 35.5. The van der Waals surface area contributed by atoms with Gasteiger partial charge in [0.25, 0.3) is 0 Å². The van der Waals surface area contributed by atoms with Crippen LogP contribution in [0.25, 0.3) is 0 Å². The van der Waals surface area contributed by atoms with Crippen molar-refractivity contribution in [3.05, 3.63) is 15.3 Å². The molecule has 5 nitrogen and oxygen atoms in total. The molecule has 0 radical (unpaired) electrons. The number of primary sulfonamides is 1. The van der Waals surface area contributed by atoms with Gasteiger partial charge in [-0.25, -0.2) is 18.4 Å². The van der Waals surface area contributed by atoms with Crippen molar-refractivity contribution in [2.75, 3.05) is 6.61 Å². The second-order valence-electron chi connectivity index (χ2n) is 2.51. The molecule has 0 aliphatic carbocycles. The van der Waals surface area contributed by atoms with Crippen molar-refractivity contribution in [2.24, 2.45) is 5.14 Å². The Morgan fingerprint density at radius 1 is 1.67 bits per heavy atom. The molecule has 0 aliphatic rings. The van der Waals surface area contributed by atoms with E-state index in [0.717, 1.165) is 11.3 Å². The first-order valence-corrected chi connectivity index (χ1v) is 6.65. The lowest BCUT2D eigenvalue weighted by atomic mass is 10.5. The van der Waals surface area contributed by atoms with E-state index in [1.165, 1.54) is 5.38 Å². The summed E-state index contributed by atoms with van der Waals surface area (Å²) in [7, 11) is -4.01. The van der Waals surface area contributed by atoms with Gasteiger partial charge in [-0.15, -0.1) is 11.3 Å². The van der Waals surface area contributed by atoms with Crippen LogP contribution in [0.2, 0.25) is 5.02 Å². The van der Waals surface area contributed by atoms with Crippen LogP contribution in [0, 0.1) is 0 Å². The molecule has 1 aromatic heterocycles. The summed E-state index contributed by atoms with van der Waals surface area (Å²) in [6.45, 7) is 1.77. The first-order chi connectivity index (χ1) is 6.88. The number of ether oxygens (including phenoxy) is 1. The molecular weight excluding hydrogens is 262 g/mol. The smallest absolute Gasteiger partial charge is 0.349 e. The summed E-state index contributed by atoms with van der Waals surface area (Å²) in [6.07, 6.45) is 0. The highest BCUT2D eigenvalue weighted by Crippen LogP contribution is 2.30. The lowest BCUT2D eigenvalue weighted by Gasteiger charge is -2.01.